The fourth-order valence-electron chi connectivity index (χ4n) is 1.67. The number of ether oxygens (including phenoxy) is 1. The summed E-state index contributed by atoms with van der Waals surface area (Å²) in [5, 5.41) is 2.00. The highest BCUT2D eigenvalue weighted by Gasteiger charge is 2.16. The highest BCUT2D eigenvalue weighted by Crippen LogP contribution is 2.13. The number of fused-ring (bicyclic) bond motifs is 1. The number of nitrogens with zero attached hydrogens (tertiary/aromatic N) is 1. The number of carbonyl (C=O) groups is 2. The molecule has 0 aliphatic carbocycles. The second-order valence-corrected chi connectivity index (χ2v) is 3.84. The molecule has 92 valence electrons. The van der Waals surface area contributed by atoms with Crippen molar-refractivity contribution in [3.63, 3.8) is 0 Å². The molecule has 18 heavy (non-hydrogen) atoms. The molecule has 2 aromatic rings. The first kappa shape index (κ1) is 12.2. The number of pyridine rings is 1. The van der Waals surface area contributed by atoms with Crippen LogP contribution in [0.1, 0.15) is 12.6 Å². The van der Waals surface area contributed by atoms with Crippen LogP contribution in [0.25, 0.3) is 10.8 Å². The summed E-state index contributed by atoms with van der Waals surface area (Å²) < 4.78 is 4.65. The maximum Gasteiger partial charge on any atom is 0.375 e. The fraction of sp³-hybridized carbons (Fsp3) is 0.214. The number of carbonyl (C=O) groups excluding carboxylic acids is 2. The summed E-state index contributed by atoms with van der Waals surface area (Å²) in [6.45, 7) is 1.87. The Kier molecular flexibility index (Phi) is 3.67. The van der Waals surface area contributed by atoms with Crippen molar-refractivity contribution < 1.29 is 14.3 Å². The lowest BCUT2D eigenvalue weighted by molar-refractivity contribution is -0.153. The molecule has 0 bridgehead atoms. The van der Waals surface area contributed by atoms with Crippen molar-refractivity contribution in [2.24, 2.45) is 0 Å². The first-order valence-corrected chi connectivity index (χ1v) is 5.74. The van der Waals surface area contributed by atoms with Crippen molar-refractivity contribution in [2.75, 3.05) is 6.61 Å². The molecule has 0 aliphatic heterocycles. The van der Waals surface area contributed by atoms with E-state index in [-0.39, 0.29) is 13.0 Å². The molecule has 0 amide bonds. The van der Waals surface area contributed by atoms with Crippen LogP contribution in [0.2, 0.25) is 0 Å². The molecule has 0 radical (unpaired) electrons. The quantitative estimate of drug-likeness (QED) is 0.608. The zero-order valence-corrected chi connectivity index (χ0v) is 10.1. The summed E-state index contributed by atoms with van der Waals surface area (Å²) in [4.78, 5) is 26.9. The van der Waals surface area contributed by atoms with Gasteiger partial charge in [-0.2, -0.15) is 0 Å². The second-order valence-electron chi connectivity index (χ2n) is 3.84. The lowest BCUT2D eigenvalue weighted by Crippen LogP contribution is -2.19. The van der Waals surface area contributed by atoms with Gasteiger partial charge in [-0.15, -0.1) is 0 Å². The minimum atomic E-state index is -0.799. The van der Waals surface area contributed by atoms with E-state index in [1.54, 1.807) is 13.1 Å². The smallest absolute Gasteiger partial charge is 0.375 e. The third kappa shape index (κ3) is 2.71. The van der Waals surface area contributed by atoms with Crippen LogP contribution in [0.5, 0.6) is 0 Å². The summed E-state index contributed by atoms with van der Waals surface area (Å²) in [5.74, 6) is -1.37. The van der Waals surface area contributed by atoms with Crippen LogP contribution < -0.4 is 0 Å². The predicted molar refractivity (Wildman–Crippen MR) is 67.1 cm³/mol. The molecule has 0 unspecified atom stereocenters. The Morgan fingerprint density at radius 3 is 2.67 bits per heavy atom. The summed E-state index contributed by atoms with van der Waals surface area (Å²) >= 11 is 0. The molecule has 0 aliphatic rings. The van der Waals surface area contributed by atoms with E-state index in [4.69, 9.17) is 0 Å². The Bertz CT molecular complexity index is 592. The number of esters is 1. The first-order chi connectivity index (χ1) is 8.70. The largest absolute Gasteiger partial charge is 0.460 e. The molecule has 4 heteroatoms. The van der Waals surface area contributed by atoms with E-state index in [0.29, 0.717) is 5.69 Å². The topological polar surface area (TPSA) is 56.3 Å². The SMILES string of the molecule is CCOC(=O)C(=O)Cc1cc2ccccc2cn1. The van der Waals surface area contributed by atoms with Crippen molar-refractivity contribution in [1.82, 2.24) is 4.98 Å². The van der Waals surface area contributed by atoms with E-state index in [2.05, 4.69) is 9.72 Å². The van der Waals surface area contributed by atoms with E-state index in [1.807, 2.05) is 30.3 Å². The monoisotopic (exact) mass is 243 g/mol. The Morgan fingerprint density at radius 1 is 1.22 bits per heavy atom. The van der Waals surface area contributed by atoms with E-state index >= 15 is 0 Å². The van der Waals surface area contributed by atoms with Crippen molar-refractivity contribution in [3.05, 3.63) is 42.2 Å². The van der Waals surface area contributed by atoms with Gasteiger partial charge < -0.3 is 4.74 Å². The Balaban J connectivity index is 2.17. The van der Waals surface area contributed by atoms with E-state index in [0.717, 1.165) is 10.8 Å². The average molecular weight is 243 g/mol. The molecule has 0 fully saturated rings. The second kappa shape index (κ2) is 5.40. The van der Waals surface area contributed by atoms with Crippen LogP contribution in [0.15, 0.2) is 36.5 Å². The van der Waals surface area contributed by atoms with Crippen LogP contribution in [0.4, 0.5) is 0 Å². The predicted octanol–water partition coefficient (Wildman–Crippen LogP) is 1.91. The fourth-order valence-corrected chi connectivity index (χ4v) is 1.67. The molecule has 0 spiro atoms. The first-order valence-electron chi connectivity index (χ1n) is 5.74. The van der Waals surface area contributed by atoms with Crippen LogP contribution in [-0.2, 0) is 20.7 Å². The van der Waals surface area contributed by atoms with Crippen molar-refractivity contribution in [2.45, 2.75) is 13.3 Å². The number of Topliss-reactive ketones (excluding diaryl/α,β-unsaturated/α-hetero) is 1. The number of ketones is 1. The Labute approximate surface area is 105 Å². The van der Waals surface area contributed by atoms with Gasteiger partial charge in [0.1, 0.15) is 0 Å². The van der Waals surface area contributed by atoms with Gasteiger partial charge in [-0.3, -0.25) is 9.78 Å². The molecule has 4 nitrogen and oxygen atoms in total. The van der Waals surface area contributed by atoms with Crippen LogP contribution in [0, 0.1) is 0 Å². The normalized spacial score (nSPS) is 10.3. The Hall–Kier alpha value is -2.23. The lowest BCUT2D eigenvalue weighted by Gasteiger charge is -2.02. The van der Waals surface area contributed by atoms with Gasteiger partial charge in [-0.1, -0.05) is 24.3 Å². The van der Waals surface area contributed by atoms with Gasteiger partial charge >= 0.3 is 5.97 Å². The van der Waals surface area contributed by atoms with Gasteiger partial charge in [-0.25, -0.2) is 4.79 Å². The lowest BCUT2D eigenvalue weighted by atomic mass is 10.1. The minimum absolute atomic E-state index is 0.0241. The van der Waals surface area contributed by atoms with Crippen molar-refractivity contribution in [1.29, 1.82) is 0 Å². The van der Waals surface area contributed by atoms with Gasteiger partial charge in [0.25, 0.3) is 0 Å². The van der Waals surface area contributed by atoms with Crippen molar-refractivity contribution in [3.8, 4) is 0 Å². The molecule has 1 heterocycles. The maximum absolute atomic E-state index is 11.5. The molecule has 2 rings (SSSR count). The summed E-state index contributed by atoms with van der Waals surface area (Å²) in [6, 6.07) is 9.54. The zero-order valence-electron chi connectivity index (χ0n) is 10.1. The van der Waals surface area contributed by atoms with E-state index in [9.17, 15) is 9.59 Å². The molecule has 0 atom stereocenters. The Morgan fingerprint density at radius 2 is 1.94 bits per heavy atom. The molecule has 1 aromatic heterocycles. The standard InChI is InChI=1S/C14H13NO3/c1-2-18-14(17)13(16)8-12-7-10-5-3-4-6-11(10)9-15-12/h3-7,9H,2,8H2,1H3. The number of hydrogen-bond donors (Lipinski definition) is 0. The summed E-state index contributed by atoms with van der Waals surface area (Å²) in [6.07, 6.45) is 1.67. The van der Waals surface area contributed by atoms with Gasteiger partial charge in [0.2, 0.25) is 5.78 Å². The zero-order chi connectivity index (χ0) is 13.0. The maximum atomic E-state index is 11.5. The van der Waals surface area contributed by atoms with E-state index in [1.165, 1.54) is 0 Å². The average Bonchev–Trinajstić information content (AvgIpc) is 2.39. The number of rotatable bonds is 4. The molecular weight excluding hydrogens is 230 g/mol. The highest BCUT2D eigenvalue weighted by atomic mass is 16.5. The van der Waals surface area contributed by atoms with Crippen LogP contribution >= 0.6 is 0 Å². The minimum Gasteiger partial charge on any atom is -0.460 e. The van der Waals surface area contributed by atoms with Crippen LogP contribution in [0.3, 0.4) is 0 Å². The van der Waals surface area contributed by atoms with Gasteiger partial charge in [0, 0.05) is 17.3 Å². The third-order valence-corrected chi connectivity index (χ3v) is 2.53. The molecule has 1 aromatic carbocycles. The molecule has 0 saturated heterocycles. The molecule has 0 N–H and O–H groups in total. The van der Waals surface area contributed by atoms with Gasteiger partial charge in [0.05, 0.1) is 13.0 Å². The van der Waals surface area contributed by atoms with Gasteiger partial charge in [-0.05, 0) is 18.4 Å². The van der Waals surface area contributed by atoms with Crippen molar-refractivity contribution >= 4 is 22.5 Å². The molecular formula is C14H13NO3. The number of hydrogen-bond acceptors (Lipinski definition) is 4. The molecule has 0 saturated carbocycles. The van der Waals surface area contributed by atoms with Gasteiger partial charge in [0.15, 0.2) is 0 Å². The van der Waals surface area contributed by atoms with Crippen LogP contribution in [-0.4, -0.2) is 23.3 Å². The van der Waals surface area contributed by atoms with E-state index < -0.39 is 11.8 Å². The highest BCUT2D eigenvalue weighted by molar-refractivity contribution is 6.34. The number of benzene rings is 1. The summed E-state index contributed by atoms with van der Waals surface area (Å²) in [7, 11) is 0. The third-order valence-electron chi connectivity index (χ3n) is 2.53. The number of aromatic nitrogens is 1. The summed E-state index contributed by atoms with van der Waals surface area (Å²) in [5.41, 5.74) is 0.576.